The lowest BCUT2D eigenvalue weighted by Crippen LogP contribution is -2.11. The molecule has 0 saturated carbocycles. The molecule has 0 atom stereocenters. The van der Waals surface area contributed by atoms with Crippen LogP contribution >= 0.6 is 0 Å². The minimum Gasteiger partial charge on any atom is -0.505 e. The van der Waals surface area contributed by atoms with Crippen molar-refractivity contribution in [3.05, 3.63) is 46.8 Å². The molecule has 6 heteroatoms. The summed E-state index contributed by atoms with van der Waals surface area (Å²) in [6.07, 6.45) is 4.13. The number of phenolic OH excluding ortho intramolecular Hbond substituents is 1. The normalized spacial score (nSPS) is 10.5. The van der Waals surface area contributed by atoms with Crippen molar-refractivity contribution >= 4 is 6.16 Å². The van der Waals surface area contributed by atoms with Crippen LogP contribution in [0.5, 0.6) is 11.5 Å². The van der Waals surface area contributed by atoms with Gasteiger partial charge in [-0.25, -0.2) is 9.18 Å². The molecule has 0 fully saturated rings. The smallest absolute Gasteiger partial charge is 0.505 e. The number of carbonyl (C=O) groups is 1. The average Bonchev–Trinajstić information content (AvgIpc) is 2.74. The van der Waals surface area contributed by atoms with Gasteiger partial charge in [-0.05, 0) is 55.5 Å². The standard InChI is InChI=1S/C24H28FNO4/c1-4-7-8-9-10-17-14-18(15-26)21(22(25)23(17)27)19-13-16(5-2)11-12-20(19)30-24(28)29-6-3/h11-14,27H,4-10H2,1-3H3. The first-order valence-corrected chi connectivity index (χ1v) is 10.4. The highest BCUT2D eigenvalue weighted by atomic mass is 19.1. The molecular formula is C24H28FNO4. The Bertz CT molecular complexity index is 934. The van der Waals surface area contributed by atoms with E-state index < -0.39 is 17.7 Å². The van der Waals surface area contributed by atoms with E-state index in [1.165, 1.54) is 6.07 Å². The Morgan fingerprint density at radius 2 is 1.93 bits per heavy atom. The molecule has 2 aromatic rings. The van der Waals surface area contributed by atoms with Crippen LogP contribution in [0.3, 0.4) is 0 Å². The molecule has 0 aliphatic carbocycles. The summed E-state index contributed by atoms with van der Waals surface area (Å²) in [4.78, 5) is 11.8. The number of benzene rings is 2. The van der Waals surface area contributed by atoms with Crippen LogP contribution in [0, 0.1) is 17.1 Å². The number of nitrogens with zero attached hydrogens (tertiary/aromatic N) is 1. The molecule has 2 rings (SSSR count). The van der Waals surface area contributed by atoms with E-state index in [-0.39, 0.29) is 29.0 Å². The number of aryl methyl sites for hydroxylation is 2. The first-order chi connectivity index (χ1) is 14.5. The van der Waals surface area contributed by atoms with Gasteiger partial charge in [0.15, 0.2) is 11.6 Å². The Kier molecular flexibility index (Phi) is 8.67. The zero-order chi connectivity index (χ0) is 22.1. The molecule has 0 aromatic heterocycles. The van der Waals surface area contributed by atoms with E-state index in [1.54, 1.807) is 25.1 Å². The Morgan fingerprint density at radius 3 is 2.57 bits per heavy atom. The summed E-state index contributed by atoms with van der Waals surface area (Å²) in [6.45, 7) is 5.81. The second-order valence-corrected chi connectivity index (χ2v) is 7.01. The molecule has 0 bridgehead atoms. The third-order valence-corrected chi connectivity index (χ3v) is 4.92. The first kappa shape index (κ1) is 23.2. The number of hydrogen-bond donors (Lipinski definition) is 1. The van der Waals surface area contributed by atoms with Crippen molar-refractivity contribution < 1.29 is 23.8 Å². The minimum absolute atomic E-state index is 0.0659. The fourth-order valence-corrected chi connectivity index (χ4v) is 3.30. The van der Waals surface area contributed by atoms with Gasteiger partial charge in [0.25, 0.3) is 0 Å². The zero-order valence-electron chi connectivity index (χ0n) is 17.8. The molecule has 0 spiro atoms. The topological polar surface area (TPSA) is 79.5 Å². The number of aromatic hydroxyl groups is 1. The molecule has 0 amide bonds. The van der Waals surface area contributed by atoms with Crippen molar-refractivity contribution in [1.29, 1.82) is 5.26 Å². The Hall–Kier alpha value is -3.07. The summed E-state index contributed by atoms with van der Waals surface area (Å²) < 4.78 is 25.4. The second kappa shape index (κ2) is 11.2. The van der Waals surface area contributed by atoms with Gasteiger partial charge < -0.3 is 14.6 Å². The van der Waals surface area contributed by atoms with E-state index in [2.05, 4.69) is 6.92 Å². The number of halogens is 1. The van der Waals surface area contributed by atoms with Crippen molar-refractivity contribution in [3.63, 3.8) is 0 Å². The quantitative estimate of drug-likeness (QED) is 0.297. The van der Waals surface area contributed by atoms with Crippen molar-refractivity contribution in [2.75, 3.05) is 6.61 Å². The molecule has 30 heavy (non-hydrogen) atoms. The van der Waals surface area contributed by atoms with Gasteiger partial charge in [-0.3, -0.25) is 0 Å². The molecular weight excluding hydrogens is 385 g/mol. The van der Waals surface area contributed by atoms with Gasteiger partial charge in [0.2, 0.25) is 0 Å². The van der Waals surface area contributed by atoms with Crippen LogP contribution in [-0.4, -0.2) is 17.9 Å². The van der Waals surface area contributed by atoms with Gasteiger partial charge in [0.05, 0.1) is 18.2 Å². The van der Waals surface area contributed by atoms with Gasteiger partial charge in [-0.1, -0.05) is 39.2 Å². The van der Waals surface area contributed by atoms with Crippen molar-refractivity contribution in [3.8, 4) is 28.7 Å². The Labute approximate surface area is 177 Å². The third kappa shape index (κ3) is 5.50. The van der Waals surface area contributed by atoms with Gasteiger partial charge in [0.1, 0.15) is 5.75 Å². The number of rotatable bonds is 9. The lowest BCUT2D eigenvalue weighted by atomic mass is 9.92. The van der Waals surface area contributed by atoms with Crippen LogP contribution in [0.1, 0.15) is 63.1 Å². The van der Waals surface area contributed by atoms with Crippen LogP contribution in [0.4, 0.5) is 9.18 Å². The zero-order valence-corrected chi connectivity index (χ0v) is 17.8. The fraction of sp³-hybridized carbons (Fsp3) is 0.417. The van der Waals surface area contributed by atoms with Gasteiger partial charge in [-0.2, -0.15) is 5.26 Å². The minimum atomic E-state index is -0.918. The SMILES string of the molecule is CCCCCCc1cc(C#N)c(-c2cc(CC)ccc2OC(=O)OCC)c(F)c1O. The predicted octanol–water partition coefficient (Wildman–Crippen LogP) is 6.29. The van der Waals surface area contributed by atoms with Crippen LogP contribution in [-0.2, 0) is 17.6 Å². The van der Waals surface area contributed by atoms with Gasteiger partial charge in [-0.15, -0.1) is 0 Å². The van der Waals surface area contributed by atoms with E-state index in [9.17, 15) is 15.2 Å². The lowest BCUT2D eigenvalue weighted by molar-refractivity contribution is 0.104. The highest BCUT2D eigenvalue weighted by Gasteiger charge is 2.23. The fourth-order valence-electron chi connectivity index (χ4n) is 3.30. The Morgan fingerprint density at radius 1 is 1.17 bits per heavy atom. The second-order valence-electron chi connectivity index (χ2n) is 7.01. The molecule has 1 N–H and O–H groups in total. The summed E-state index contributed by atoms with van der Waals surface area (Å²) >= 11 is 0. The molecule has 0 saturated heterocycles. The highest BCUT2D eigenvalue weighted by Crippen LogP contribution is 2.40. The maximum absolute atomic E-state index is 15.3. The van der Waals surface area contributed by atoms with Crippen molar-refractivity contribution in [1.82, 2.24) is 0 Å². The molecule has 5 nitrogen and oxygen atoms in total. The van der Waals surface area contributed by atoms with E-state index in [4.69, 9.17) is 9.47 Å². The van der Waals surface area contributed by atoms with Crippen LogP contribution in [0.2, 0.25) is 0 Å². The summed E-state index contributed by atoms with van der Waals surface area (Å²) in [5.41, 5.74) is 1.50. The average molecular weight is 413 g/mol. The third-order valence-electron chi connectivity index (χ3n) is 4.92. The maximum atomic E-state index is 15.3. The number of nitriles is 1. The van der Waals surface area contributed by atoms with E-state index >= 15 is 4.39 Å². The van der Waals surface area contributed by atoms with Crippen molar-refractivity contribution in [2.45, 2.75) is 59.3 Å². The number of phenols is 1. The monoisotopic (exact) mass is 413 g/mol. The van der Waals surface area contributed by atoms with E-state index in [1.807, 2.05) is 13.0 Å². The molecule has 2 aromatic carbocycles. The summed E-state index contributed by atoms with van der Waals surface area (Å²) in [5, 5.41) is 20.2. The van der Waals surface area contributed by atoms with Gasteiger partial charge in [0, 0.05) is 11.1 Å². The van der Waals surface area contributed by atoms with Crippen LogP contribution in [0.15, 0.2) is 24.3 Å². The summed E-state index contributed by atoms with van der Waals surface area (Å²) in [7, 11) is 0. The molecule has 0 aliphatic rings. The Balaban J connectivity index is 2.55. The molecule has 0 unspecified atom stereocenters. The number of ether oxygens (including phenoxy) is 2. The number of carbonyl (C=O) groups excluding carboxylic acids is 1. The van der Waals surface area contributed by atoms with E-state index in [0.717, 1.165) is 31.2 Å². The van der Waals surface area contributed by atoms with Gasteiger partial charge >= 0.3 is 6.16 Å². The maximum Gasteiger partial charge on any atom is 0.513 e. The lowest BCUT2D eigenvalue weighted by Gasteiger charge is -2.16. The van der Waals surface area contributed by atoms with Crippen molar-refractivity contribution in [2.24, 2.45) is 0 Å². The summed E-state index contributed by atoms with van der Waals surface area (Å²) in [5.74, 6) is -1.29. The molecule has 160 valence electrons. The van der Waals surface area contributed by atoms with Crippen LogP contribution < -0.4 is 4.74 Å². The molecule has 0 aliphatic heterocycles. The molecule has 0 radical (unpaired) electrons. The number of hydrogen-bond acceptors (Lipinski definition) is 5. The number of unbranched alkanes of at least 4 members (excludes halogenated alkanes) is 3. The summed E-state index contributed by atoms with van der Waals surface area (Å²) in [6, 6.07) is 8.50. The largest absolute Gasteiger partial charge is 0.513 e. The van der Waals surface area contributed by atoms with E-state index in [0.29, 0.717) is 18.4 Å². The molecule has 0 heterocycles. The highest BCUT2D eigenvalue weighted by molar-refractivity contribution is 5.81. The predicted molar refractivity (Wildman–Crippen MR) is 113 cm³/mol. The van der Waals surface area contributed by atoms with Crippen LogP contribution in [0.25, 0.3) is 11.1 Å². The first-order valence-electron chi connectivity index (χ1n) is 10.4.